The summed E-state index contributed by atoms with van der Waals surface area (Å²) in [6.45, 7) is 4.22. The second kappa shape index (κ2) is 6.35. The molecular weight excluding hydrogens is 352 g/mol. The molecule has 0 radical (unpaired) electrons. The number of thioether (sulfide) groups is 1. The number of hydrogen-bond donors (Lipinski definition) is 0. The molecule has 0 N–H and O–H groups in total. The standard InChI is InChI=1S/C22H18N4S/c1-14-11-12-16(13-15(14)2)26-22(23-24-25-26)27-21-19-9-5-3-7-17(19)18-8-4-6-10-20(18)21/h3-13,21H,1-2H3. The van der Waals surface area contributed by atoms with Crippen LogP contribution in [0, 0.1) is 13.8 Å². The van der Waals surface area contributed by atoms with Gasteiger partial charge in [0.2, 0.25) is 5.16 Å². The van der Waals surface area contributed by atoms with E-state index in [0.29, 0.717) is 0 Å². The molecule has 3 aromatic carbocycles. The van der Waals surface area contributed by atoms with Crippen LogP contribution in [0.5, 0.6) is 0 Å². The van der Waals surface area contributed by atoms with E-state index in [9.17, 15) is 0 Å². The van der Waals surface area contributed by atoms with Crippen LogP contribution in [0.2, 0.25) is 0 Å². The summed E-state index contributed by atoms with van der Waals surface area (Å²) in [6.07, 6.45) is 0. The highest BCUT2D eigenvalue weighted by molar-refractivity contribution is 7.99. The second-order valence-electron chi connectivity index (χ2n) is 6.81. The summed E-state index contributed by atoms with van der Waals surface area (Å²) < 4.78 is 1.83. The van der Waals surface area contributed by atoms with E-state index in [-0.39, 0.29) is 5.25 Å². The van der Waals surface area contributed by atoms with Gasteiger partial charge in [-0.2, -0.15) is 4.68 Å². The van der Waals surface area contributed by atoms with Gasteiger partial charge in [0, 0.05) is 0 Å². The Morgan fingerprint density at radius 3 is 2.15 bits per heavy atom. The number of hydrogen-bond acceptors (Lipinski definition) is 4. The minimum Gasteiger partial charge on any atom is -0.187 e. The Balaban J connectivity index is 1.57. The zero-order valence-electron chi connectivity index (χ0n) is 15.1. The number of tetrazole rings is 1. The van der Waals surface area contributed by atoms with Crippen molar-refractivity contribution in [2.75, 3.05) is 0 Å². The monoisotopic (exact) mass is 370 g/mol. The highest BCUT2D eigenvalue weighted by Gasteiger charge is 2.30. The van der Waals surface area contributed by atoms with E-state index >= 15 is 0 Å². The van der Waals surface area contributed by atoms with Crippen LogP contribution in [-0.2, 0) is 0 Å². The summed E-state index contributed by atoms with van der Waals surface area (Å²) in [7, 11) is 0. The zero-order valence-corrected chi connectivity index (χ0v) is 15.9. The smallest absolute Gasteiger partial charge is 0.187 e. The molecular formula is C22H18N4S. The predicted molar refractivity (Wildman–Crippen MR) is 108 cm³/mol. The number of rotatable bonds is 3. The van der Waals surface area contributed by atoms with E-state index in [1.807, 2.05) is 4.68 Å². The van der Waals surface area contributed by atoms with Crippen molar-refractivity contribution < 1.29 is 0 Å². The van der Waals surface area contributed by atoms with E-state index in [1.165, 1.54) is 33.4 Å². The Morgan fingerprint density at radius 1 is 0.815 bits per heavy atom. The topological polar surface area (TPSA) is 43.6 Å². The van der Waals surface area contributed by atoms with Gasteiger partial charge >= 0.3 is 0 Å². The minimum atomic E-state index is 0.189. The first-order valence-corrected chi connectivity index (χ1v) is 9.81. The third-order valence-corrected chi connectivity index (χ3v) is 6.38. The Bertz CT molecular complexity index is 1100. The lowest BCUT2D eigenvalue weighted by Crippen LogP contribution is -2.02. The first-order valence-electron chi connectivity index (χ1n) is 8.93. The predicted octanol–water partition coefficient (Wildman–Crippen LogP) is 5.14. The highest BCUT2D eigenvalue weighted by atomic mass is 32.2. The quantitative estimate of drug-likeness (QED) is 0.501. The van der Waals surface area contributed by atoms with Crippen LogP contribution < -0.4 is 0 Å². The molecule has 132 valence electrons. The Kier molecular flexibility index (Phi) is 3.83. The fraction of sp³-hybridized carbons (Fsp3) is 0.136. The molecule has 4 aromatic rings. The van der Waals surface area contributed by atoms with Gasteiger partial charge in [0.05, 0.1) is 10.9 Å². The molecule has 5 heteroatoms. The molecule has 5 rings (SSSR count). The molecule has 4 nitrogen and oxygen atoms in total. The molecule has 1 aliphatic carbocycles. The van der Waals surface area contributed by atoms with E-state index in [0.717, 1.165) is 10.8 Å². The second-order valence-corrected chi connectivity index (χ2v) is 7.89. The normalized spacial score (nSPS) is 12.8. The maximum absolute atomic E-state index is 4.32. The molecule has 0 amide bonds. The fourth-order valence-electron chi connectivity index (χ4n) is 3.61. The van der Waals surface area contributed by atoms with Crippen LogP contribution in [0.25, 0.3) is 16.8 Å². The lowest BCUT2D eigenvalue weighted by atomic mass is 10.1. The van der Waals surface area contributed by atoms with Gasteiger partial charge in [0.1, 0.15) is 0 Å². The minimum absolute atomic E-state index is 0.189. The lowest BCUT2D eigenvalue weighted by Gasteiger charge is -2.13. The van der Waals surface area contributed by atoms with E-state index in [2.05, 4.69) is 96.1 Å². The maximum atomic E-state index is 4.32. The highest BCUT2D eigenvalue weighted by Crippen LogP contribution is 2.51. The van der Waals surface area contributed by atoms with Crippen molar-refractivity contribution in [3.05, 3.63) is 89.0 Å². The number of aryl methyl sites for hydroxylation is 2. The van der Waals surface area contributed by atoms with Gasteiger partial charge in [-0.15, -0.1) is 5.10 Å². The van der Waals surface area contributed by atoms with Crippen LogP contribution >= 0.6 is 11.8 Å². The van der Waals surface area contributed by atoms with E-state index in [1.54, 1.807) is 11.8 Å². The number of fused-ring (bicyclic) bond motifs is 3. The molecule has 1 aliphatic rings. The lowest BCUT2D eigenvalue weighted by molar-refractivity contribution is 0.754. The van der Waals surface area contributed by atoms with Gasteiger partial charge in [0.25, 0.3) is 0 Å². The molecule has 0 aliphatic heterocycles. The molecule has 0 spiro atoms. The molecule has 27 heavy (non-hydrogen) atoms. The summed E-state index contributed by atoms with van der Waals surface area (Å²) in [5, 5.41) is 13.5. The first-order chi connectivity index (χ1) is 13.2. The molecule has 0 fully saturated rings. The van der Waals surface area contributed by atoms with Crippen molar-refractivity contribution in [3.8, 4) is 16.8 Å². The van der Waals surface area contributed by atoms with Gasteiger partial charge in [-0.25, -0.2) is 0 Å². The van der Waals surface area contributed by atoms with Crippen molar-refractivity contribution >= 4 is 11.8 Å². The van der Waals surface area contributed by atoms with Gasteiger partial charge in [-0.05, 0) is 69.8 Å². The van der Waals surface area contributed by atoms with E-state index < -0.39 is 0 Å². The maximum Gasteiger partial charge on any atom is 0.215 e. The van der Waals surface area contributed by atoms with Crippen LogP contribution in [0.4, 0.5) is 0 Å². The van der Waals surface area contributed by atoms with E-state index in [4.69, 9.17) is 0 Å². The summed E-state index contributed by atoms with van der Waals surface area (Å²) in [6, 6.07) is 23.5. The van der Waals surface area contributed by atoms with Gasteiger partial charge in [-0.3, -0.25) is 0 Å². The first kappa shape index (κ1) is 16.3. The molecule has 0 saturated carbocycles. The molecule has 0 atom stereocenters. The van der Waals surface area contributed by atoms with Crippen molar-refractivity contribution in [2.24, 2.45) is 0 Å². The average Bonchev–Trinajstić information content (AvgIpc) is 3.28. The SMILES string of the molecule is Cc1ccc(-n2nnnc2SC2c3ccccc3-c3ccccc32)cc1C. The zero-order chi connectivity index (χ0) is 18.4. The third kappa shape index (κ3) is 2.66. The van der Waals surface area contributed by atoms with Crippen LogP contribution in [0.3, 0.4) is 0 Å². The Morgan fingerprint density at radius 2 is 1.48 bits per heavy atom. The number of benzene rings is 3. The van der Waals surface area contributed by atoms with Gasteiger partial charge < -0.3 is 0 Å². The Hall–Kier alpha value is -2.92. The van der Waals surface area contributed by atoms with Crippen LogP contribution in [-0.4, -0.2) is 20.2 Å². The van der Waals surface area contributed by atoms with Crippen LogP contribution in [0.15, 0.2) is 71.9 Å². The van der Waals surface area contributed by atoms with Crippen molar-refractivity contribution in [2.45, 2.75) is 24.3 Å². The van der Waals surface area contributed by atoms with Gasteiger partial charge in [0.15, 0.2) is 0 Å². The number of aromatic nitrogens is 4. The molecule has 0 unspecified atom stereocenters. The molecule has 1 aromatic heterocycles. The molecule has 0 saturated heterocycles. The van der Waals surface area contributed by atoms with Crippen molar-refractivity contribution in [3.63, 3.8) is 0 Å². The summed E-state index contributed by atoms with van der Waals surface area (Å²) in [5.74, 6) is 0. The largest absolute Gasteiger partial charge is 0.215 e. The number of nitrogens with zero attached hydrogens (tertiary/aromatic N) is 4. The summed E-state index contributed by atoms with van der Waals surface area (Å²) >= 11 is 1.70. The summed E-state index contributed by atoms with van der Waals surface area (Å²) in [4.78, 5) is 0. The van der Waals surface area contributed by atoms with Crippen molar-refractivity contribution in [1.29, 1.82) is 0 Å². The molecule has 0 bridgehead atoms. The summed E-state index contributed by atoms with van der Waals surface area (Å²) in [5.41, 5.74) is 8.73. The third-order valence-electron chi connectivity index (χ3n) is 5.18. The fourth-order valence-corrected chi connectivity index (χ4v) is 4.81. The van der Waals surface area contributed by atoms with Crippen LogP contribution in [0.1, 0.15) is 27.5 Å². The molecule has 1 heterocycles. The van der Waals surface area contributed by atoms with Crippen molar-refractivity contribution in [1.82, 2.24) is 20.2 Å². The Labute approximate surface area is 162 Å². The average molecular weight is 370 g/mol. The van der Waals surface area contributed by atoms with Gasteiger partial charge in [-0.1, -0.05) is 66.4 Å².